The summed E-state index contributed by atoms with van der Waals surface area (Å²) >= 11 is 0. The average Bonchev–Trinajstić information content (AvgIpc) is 2.39. The molecule has 2 aromatic heterocycles. The molecule has 0 saturated carbocycles. The molecule has 18 heavy (non-hydrogen) atoms. The molecule has 0 bridgehead atoms. The highest BCUT2D eigenvalue weighted by Crippen LogP contribution is 2.01. The van der Waals surface area contributed by atoms with Crippen LogP contribution < -0.4 is 11.0 Å². The molecule has 2 heterocycles. The van der Waals surface area contributed by atoms with Crippen molar-refractivity contribution in [3.05, 3.63) is 52.3 Å². The molecule has 2 aromatic rings. The van der Waals surface area contributed by atoms with E-state index in [0.717, 1.165) is 12.1 Å². The molecule has 0 atom stereocenters. The van der Waals surface area contributed by atoms with Crippen LogP contribution in [0.3, 0.4) is 0 Å². The first kappa shape index (κ1) is 11.8. The van der Waals surface area contributed by atoms with Gasteiger partial charge in [-0.25, -0.2) is 4.79 Å². The number of nitrogens with one attached hydrogen (secondary N) is 2. The monoisotopic (exact) mass is 241 g/mol. The van der Waals surface area contributed by atoms with Crippen molar-refractivity contribution in [2.24, 2.45) is 0 Å². The molecule has 0 unspecified atom stereocenters. The Morgan fingerprint density at radius 3 is 3.06 bits per heavy atom. The molecule has 6 nitrogen and oxygen atoms in total. The minimum absolute atomic E-state index is 0.190. The third kappa shape index (κ3) is 3.15. The molecule has 2 N–H and O–H groups in total. The van der Waals surface area contributed by atoms with E-state index >= 15 is 0 Å². The van der Waals surface area contributed by atoms with Crippen molar-refractivity contribution in [3.8, 4) is 6.07 Å². The molecule has 2 rings (SSSR count). The van der Waals surface area contributed by atoms with E-state index in [-0.39, 0.29) is 5.69 Å². The predicted octanol–water partition coefficient (Wildman–Crippen LogP) is 0.691. The Hall–Kier alpha value is -2.68. The Balaban J connectivity index is 1.97. The standard InChI is InChI=1S/C12H11N5O/c13-8-10-7-11(17-12(18)16-10)15-6-4-9-3-1-2-5-14-9/h1-3,5,7H,4,6H2,(H2,15,16,17,18). The van der Waals surface area contributed by atoms with Crippen LogP contribution in [-0.2, 0) is 6.42 Å². The fraction of sp³-hybridized carbons (Fsp3) is 0.167. The fourth-order valence-corrected chi connectivity index (χ4v) is 1.47. The molecule has 0 aliphatic heterocycles. The minimum atomic E-state index is -0.533. The van der Waals surface area contributed by atoms with E-state index in [1.165, 1.54) is 6.07 Å². The summed E-state index contributed by atoms with van der Waals surface area (Å²) in [6.07, 6.45) is 2.45. The molecule has 0 saturated heterocycles. The van der Waals surface area contributed by atoms with Gasteiger partial charge in [0.15, 0.2) is 0 Å². The SMILES string of the molecule is N#Cc1cc(NCCc2ccccn2)nc(=O)[nH]1. The number of aromatic amines is 1. The van der Waals surface area contributed by atoms with Crippen molar-refractivity contribution in [2.75, 3.05) is 11.9 Å². The second-order valence-corrected chi connectivity index (χ2v) is 3.59. The van der Waals surface area contributed by atoms with E-state index in [0.29, 0.717) is 12.4 Å². The van der Waals surface area contributed by atoms with E-state index < -0.39 is 5.69 Å². The topological polar surface area (TPSA) is 94.5 Å². The number of hydrogen-bond donors (Lipinski definition) is 2. The largest absolute Gasteiger partial charge is 0.369 e. The van der Waals surface area contributed by atoms with Crippen LogP contribution in [-0.4, -0.2) is 21.5 Å². The van der Waals surface area contributed by atoms with Crippen molar-refractivity contribution in [3.63, 3.8) is 0 Å². The van der Waals surface area contributed by atoms with Crippen LogP contribution in [0.25, 0.3) is 0 Å². The maximum absolute atomic E-state index is 11.1. The predicted molar refractivity (Wildman–Crippen MR) is 66.0 cm³/mol. The van der Waals surface area contributed by atoms with Crippen molar-refractivity contribution in [2.45, 2.75) is 6.42 Å². The summed E-state index contributed by atoms with van der Waals surface area (Å²) in [6.45, 7) is 0.596. The zero-order valence-corrected chi connectivity index (χ0v) is 9.55. The highest BCUT2D eigenvalue weighted by Gasteiger charge is 2.00. The Labute approximate surface area is 103 Å². The highest BCUT2D eigenvalue weighted by molar-refractivity contribution is 5.38. The first-order valence-corrected chi connectivity index (χ1v) is 5.43. The number of hydrogen-bond acceptors (Lipinski definition) is 5. The second-order valence-electron chi connectivity index (χ2n) is 3.59. The number of H-pyrrole nitrogens is 1. The summed E-state index contributed by atoms with van der Waals surface area (Å²) in [5, 5.41) is 11.7. The number of rotatable bonds is 4. The van der Waals surface area contributed by atoms with Gasteiger partial charge in [0.25, 0.3) is 0 Å². The molecule has 0 radical (unpaired) electrons. The lowest BCUT2D eigenvalue weighted by atomic mass is 10.3. The lowest BCUT2D eigenvalue weighted by Gasteiger charge is -2.04. The Bertz CT molecular complexity index is 614. The van der Waals surface area contributed by atoms with Crippen LogP contribution in [0.15, 0.2) is 35.3 Å². The van der Waals surface area contributed by atoms with Gasteiger partial charge in [0.1, 0.15) is 17.6 Å². The molecule has 0 amide bonds. The summed E-state index contributed by atoms with van der Waals surface area (Å²) in [4.78, 5) is 21.4. The molecule has 0 aliphatic rings. The van der Waals surface area contributed by atoms with E-state index in [1.54, 1.807) is 6.20 Å². The first-order valence-electron chi connectivity index (χ1n) is 5.43. The summed E-state index contributed by atoms with van der Waals surface area (Å²) in [7, 11) is 0. The average molecular weight is 241 g/mol. The summed E-state index contributed by atoms with van der Waals surface area (Å²) < 4.78 is 0. The Morgan fingerprint density at radius 2 is 2.33 bits per heavy atom. The molecule has 0 aromatic carbocycles. The lowest BCUT2D eigenvalue weighted by molar-refractivity contribution is 0.943. The van der Waals surface area contributed by atoms with Gasteiger partial charge in [-0.05, 0) is 12.1 Å². The third-order valence-corrected chi connectivity index (χ3v) is 2.28. The number of pyridine rings is 1. The van der Waals surface area contributed by atoms with Crippen LogP contribution in [0.4, 0.5) is 5.82 Å². The van der Waals surface area contributed by atoms with Crippen LogP contribution in [0.2, 0.25) is 0 Å². The maximum atomic E-state index is 11.1. The highest BCUT2D eigenvalue weighted by atomic mass is 16.1. The van der Waals surface area contributed by atoms with E-state index in [9.17, 15) is 4.79 Å². The van der Waals surface area contributed by atoms with Crippen molar-refractivity contribution in [1.29, 1.82) is 5.26 Å². The van der Waals surface area contributed by atoms with Gasteiger partial charge in [-0.3, -0.25) is 9.97 Å². The van der Waals surface area contributed by atoms with Gasteiger partial charge in [0.05, 0.1) is 0 Å². The van der Waals surface area contributed by atoms with E-state index in [1.807, 2.05) is 24.3 Å². The van der Waals surface area contributed by atoms with Crippen LogP contribution in [0.1, 0.15) is 11.4 Å². The first-order chi connectivity index (χ1) is 8.78. The number of nitriles is 1. The molecule has 0 fully saturated rings. The van der Waals surface area contributed by atoms with Gasteiger partial charge in [0.2, 0.25) is 0 Å². The third-order valence-electron chi connectivity index (χ3n) is 2.28. The fourth-order valence-electron chi connectivity index (χ4n) is 1.47. The smallest absolute Gasteiger partial charge is 0.347 e. The van der Waals surface area contributed by atoms with Gasteiger partial charge in [-0.15, -0.1) is 0 Å². The number of aromatic nitrogens is 3. The minimum Gasteiger partial charge on any atom is -0.369 e. The maximum Gasteiger partial charge on any atom is 0.347 e. The van der Waals surface area contributed by atoms with Crippen LogP contribution in [0.5, 0.6) is 0 Å². The van der Waals surface area contributed by atoms with Gasteiger partial charge in [0, 0.05) is 30.9 Å². The Morgan fingerprint density at radius 1 is 1.44 bits per heavy atom. The number of nitrogens with zero attached hydrogens (tertiary/aromatic N) is 3. The van der Waals surface area contributed by atoms with Gasteiger partial charge in [-0.2, -0.15) is 10.2 Å². The normalized spacial score (nSPS) is 9.72. The molecular weight excluding hydrogens is 230 g/mol. The summed E-state index contributed by atoms with van der Waals surface area (Å²) in [5.74, 6) is 0.395. The molecule has 0 spiro atoms. The zero-order valence-electron chi connectivity index (χ0n) is 9.55. The van der Waals surface area contributed by atoms with Crippen molar-refractivity contribution in [1.82, 2.24) is 15.0 Å². The van der Waals surface area contributed by atoms with Crippen LogP contribution in [0, 0.1) is 11.3 Å². The summed E-state index contributed by atoms with van der Waals surface area (Å²) in [6, 6.07) is 9.07. The Kier molecular flexibility index (Phi) is 3.66. The van der Waals surface area contributed by atoms with Gasteiger partial charge < -0.3 is 5.32 Å². The lowest BCUT2D eigenvalue weighted by Crippen LogP contribution is -2.16. The second kappa shape index (κ2) is 5.59. The quantitative estimate of drug-likeness (QED) is 0.821. The van der Waals surface area contributed by atoms with Gasteiger partial charge >= 0.3 is 5.69 Å². The molecule has 0 aliphatic carbocycles. The van der Waals surface area contributed by atoms with Gasteiger partial charge in [-0.1, -0.05) is 6.07 Å². The summed E-state index contributed by atoms with van der Waals surface area (Å²) in [5.41, 5.74) is 0.611. The van der Waals surface area contributed by atoms with Crippen molar-refractivity contribution >= 4 is 5.82 Å². The molecular formula is C12H11N5O. The number of anilines is 1. The molecule has 90 valence electrons. The van der Waals surface area contributed by atoms with E-state index in [2.05, 4.69) is 20.3 Å². The molecule has 6 heteroatoms. The zero-order chi connectivity index (χ0) is 12.8. The van der Waals surface area contributed by atoms with Crippen LogP contribution >= 0.6 is 0 Å². The van der Waals surface area contributed by atoms with Crippen molar-refractivity contribution < 1.29 is 0 Å². The van der Waals surface area contributed by atoms with E-state index in [4.69, 9.17) is 5.26 Å².